The maximum absolute atomic E-state index is 12.8. The monoisotopic (exact) mass is 456 g/mol. The molecule has 1 heterocycles. The molecule has 8 heteroatoms. The Morgan fingerprint density at radius 1 is 1.10 bits per heavy atom. The Morgan fingerprint density at radius 3 is 2.45 bits per heavy atom. The summed E-state index contributed by atoms with van der Waals surface area (Å²) in [5.74, 6) is 2.35. The Hall–Kier alpha value is -2.45. The molecule has 1 N–H and O–H groups in total. The number of aromatic nitrogens is 3. The van der Waals surface area contributed by atoms with Gasteiger partial charge in [-0.1, -0.05) is 36.4 Å². The molecule has 2 aromatic carbocycles. The smallest absolute Gasteiger partial charge is 0.237 e. The number of carbonyl (C=O) groups is 1. The molecule has 0 spiro atoms. The Kier molecular flexibility index (Phi) is 8.43. The van der Waals surface area contributed by atoms with Crippen LogP contribution in [-0.2, 0) is 17.6 Å². The highest BCUT2D eigenvalue weighted by Gasteiger charge is 2.22. The molecule has 0 bridgehead atoms. The molecule has 0 saturated carbocycles. The van der Waals surface area contributed by atoms with Crippen LogP contribution >= 0.6 is 23.5 Å². The zero-order valence-corrected chi connectivity index (χ0v) is 19.9. The van der Waals surface area contributed by atoms with Crippen LogP contribution in [0.1, 0.15) is 31.7 Å². The van der Waals surface area contributed by atoms with E-state index >= 15 is 0 Å². The third-order valence-corrected chi connectivity index (χ3v) is 7.06. The van der Waals surface area contributed by atoms with Crippen molar-refractivity contribution >= 4 is 35.1 Å². The van der Waals surface area contributed by atoms with Crippen LogP contribution in [0.4, 0.5) is 5.69 Å². The Labute approximate surface area is 192 Å². The first-order valence-electron chi connectivity index (χ1n) is 10.3. The summed E-state index contributed by atoms with van der Waals surface area (Å²) >= 11 is 3.17. The number of nitrogens with one attached hydrogen (secondary N) is 1. The van der Waals surface area contributed by atoms with Crippen molar-refractivity contribution in [2.75, 3.05) is 11.9 Å². The summed E-state index contributed by atoms with van der Waals surface area (Å²) in [7, 11) is 1.95. The second-order valence-electron chi connectivity index (χ2n) is 7.02. The number of anilines is 1. The maximum Gasteiger partial charge on any atom is 0.237 e. The summed E-state index contributed by atoms with van der Waals surface area (Å²) in [6, 6.07) is 15.9. The minimum atomic E-state index is -0.257. The molecule has 6 nitrogen and oxygen atoms in total. The first-order valence-corrected chi connectivity index (χ1v) is 12.1. The molecule has 0 aliphatic rings. The van der Waals surface area contributed by atoms with Gasteiger partial charge in [-0.15, -0.1) is 22.0 Å². The number of rotatable bonds is 10. The predicted octanol–water partition coefficient (Wildman–Crippen LogP) is 5.32. The van der Waals surface area contributed by atoms with Gasteiger partial charge < -0.3 is 14.6 Å². The highest BCUT2D eigenvalue weighted by molar-refractivity contribution is 8.00. The summed E-state index contributed by atoms with van der Waals surface area (Å²) in [4.78, 5) is 14.0. The average Bonchev–Trinajstić information content (AvgIpc) is 3.12. The molecule has 1 unspecified atom stereocenters. The van der Waals surface area contributed by atoms with Gasteiger partial charge in [-0.25, -0.2) is 0 Å². The number of carbonyl (C=O) groups excluding carboxylic acids is 1. The number of benzene rings is 2. The largest absolute Gasteiger partial charge is 0.494 e. The molecule has 1 amide bonds. The molecule has 31 heavy (non-hydrogen) atoms. The van der Waals surface area contributed by atoms with Gasteiger partial charge in [0, 0.05) is 17.6 Å². The molecule has 0 fully saturated rings. The van der Waals surface area contributed by atoms with E-state index in [1.807, 2.05) is 49.7 Å². The number of hydrogen-bond donors (Lipinski definition) is 1. The molecule has 0 aliphatic heterocycles. The van der Waals surface area contributed by atoms with Gasteiger partial charge in [0.2, 0.25) is 5.91 Å². The molecule has 1 atom stereocenters. The van der Waals surface area contributed by atoms with Crippen molar-refractivity contribution in [3.8, 4) is 5.75 Å². The van der Waals surface area contributed by atoms with Crippen LogP contribution < -0.4 is 10.1 Å². The van der Waals surface area contributed by atoms with Crippen LogP contribution in [0, 0.1) is 6.92 Å². The van der Waals surface area contributed by atoms with Gasteiger partial charge in [0.15, 0.2) is 5.16 Å². The third kappa shape index (κ3) is 6.51. The summed E-state index contributed by atoms with van der Waals surface area (Å²) in [5, 5.41) is 12.1. The van der Waals surface area contributed by atoms with E-state index in [1.165, 1.54) is 22.2 Å². The highest BCUT2D eigenvalue weighted by atomic mass is 32.2. The van der Waals surface area contributed by atoms with E-state index in [9.17, 15) is 4.79 Å². The predicted molar refractivity (Wildman–Crippen MR) is 128 cm³/mol. The van der Waals surface area contributed by atoms with Gasteiger partial charge in [-0.3, -0.25) is 4.79 Å². The fourth-order valence-corrected chi connectivity index (χ4v) is 4.64. The molecule has 0 saturated heterocycles. The zero-order valence-electron chi connectivity index (χ0n) is 18.3. The van der Waals surface area contributed by atoms with E-state index in [4.69, 9.17) is 4.74 Å². The molecule has 1 aromatic heterocycles. The molecule has 164 valence electrons. The van der Waals surface area contributed by atoms with E-state index in [0.717, 1.165) is 28.2 Å². The zero-order chi connectivity index (χ0) is 22.2. The van der Waals surface area contributed by atoms with E-state index in [1.54, 1.807) is 11.8 Å². The van der Waals surface area contributed by atoms with Crippen molar-refractivity contribution in [2.24, 2.45) is 7.05 Å². The van der Waals surface area contributed by atoms with Crippen LogP contribution in [0.15, 0.2) is 58.6 Å². The van der Waals surface area contributed by atoms with Crippen LogP contribution in [0.2, 0.25) is 0 Å². The van der Waals surface area contributed by atoms with Gasteiger partial charge in [-0.2, -0.15) is 0 Å². The lowest BCUT2D eigenvalue weighted by molar-refractivity contribution is -0.115. The van der Waals surface area contributed by atoms with Gasteiger partial charge >= 0.3 is 0 Å². The van der Waals surface area contributed by atoms with Crippen LogP contribution in [-0.4, -0.2) is 32.5 Å². The molecular formula is C23H28N4O2S2. The molecular weight excluding hydrogens is 428 g/mol. The lowest BCUT2D eigenvalue weighted by Crippen LogP contribution is -2.25. The van der Waals surface area contributed by atoms with Crippen LogP contribution in [0.3, 0.4) is 0 Å². The maximum atomic E-state index is 12.8. The highest BCUT2D eigenvalue weighted by Crippen LogP contribution is 2.28. The second kappa shape index (κ2) is 11.2. The number of thioether (sulfide) groups is 2. The first kappa shape index (κ1) is 23.2. The van der Waals surface area contributed by atoms with E-state index in [-0.39, 0.29) is 11.2 Å². The van der Waals surface area contributed by atoms with Gasteiger partial charge in [0.25, 0.3) is 0 Å². The number of aryl methyl sites for hydroxylation is 1. The van der Waals surface area contributed by atoms with Crippen molar-refractivity contribution in [1.29, 1.82) is 0 Å². The van der Waals surface area contributed by atoms with E-state index < -0.39 is 0 Å². The summed E-state index contributed by atoms with van der Waals surface area (Å²) in [6.45, 7) is 6.64. The van der Waals surface area contributed by atoms with Crippen molar-refractivity contribution in [3.63, 3.8) is 0 Å². The van der Waals surface area contributed by atoms with Gasteiger partial charge in [-0.05, 0) is 56.7 Å². The third-order valence-electron chi connectivity index (χ3n) is 4.66. The Morgan fingerprint density at radius 2 is 1.81 bits per heavy atom. The van der Waals surface area contributed by atoms with Crippen molar-refractivity contribution < 1.29 is 9.53 Å². The average molecular weight is 457 g/mol. The molecule has 3 rings (SSSR count). The lowest BCUT2D eigenvalue weighted by Gasteiger charge is -2.14. The van der Waals surface area contributed by atoms with E-state index in [0.29, 0.717) is 13.0 Å². The fourth-order valence-electron chi connectivity index (χ4n) is 2.83. The number of hydrogen-bond acceptors (Lipinski definition) is 6. The molecule has 0 radical (unpaired) electrons. The Balaban J connectivity index is 1.59. The van der Waals surface area contributed by atoms with Crippen molar-refractivity contribution in [3.05, 3.63) is 59.9 Å². The minimum Gasteiger partial charge on any atom is -0.494 e. The quantitative estimate of drug-likeness (QED) is 0.416. The van der Waals surface area contributed by atoms with E-state index in [2.05, 4.69) is 46.7 Å². The fraction of sp³-hybridized carbons (Fsp3) is 0.348. The summed E-state index contributed by atoms with van der Waals surface area (Å²) in [6.07, 6.45) is 0.688. The number of amides is 1. The van der Waals surface area contributed by atoms with Crippen molar-refractivity contribution in [2.45, 2.75) is 48.2 Å². The number of nitrogens with zero attached hydrogens (tertiary/aromatic N) is 3. The van der Waals surface area contributed by atoms with Gasteiger partial charge in [0.1, 0.15) is 11.6 Å². The normalized spacial score (nSPS) is 11.9. The van der Waals surface area contributed by atoms with Crippen LogP contribution in [0.5, 0.6) is 5.75 Å². The second-order valence-corrected chi connectivity index (χ2v) is 9.24. The summed E-state index contributed by atoms with van der Waals surface area (Å²) < 4.78 is 7.42. The Bertz CT molecular complexity index is 988. The first-order chi connectivity index (χ1) is 15.0. The summed E-state index contributed by atoms with van der Waals surface area (Å²) in [5.41, 5.74) is 2.00. The molecule has 0 aliphatic carbocycles. The lowest BCUT2D eigenvalue weighted by atomic mass is 10.2. The minimum absolute atomic E-state index is 0.0461. The van der Waals surface area contributed by atoms with Crippen LogP contribution in [0.25, 0.3) is 0 Å². The molecule has 3 aromatic rings. The van der Waals surface area contributed by atoms with Gasteiger partial charge in [0.05, 0.1) is 17.6 Å². The standard InChI is InChI=1S/C23H28N4O2S2/c1-5-20(22(28)24-17-9-11-18(12-10-17)29-6-2)31-23-26-25-21(27(23)4)15-30-19-13-7-16(3)8-14-19/h7-14,20H,5-6,15H2,1-4H3,(H,24,28). The number of ether oxygens (including phenoxy) is 1. The topological polar surface area (TPSA) is 69.0 Å². The SMILES string of the molecule is CCOc1ccc(NC(=O)C(CC)Sc2nnc(CSc3ccc(C)cc3)n2C)cc1. The van der Waals surface area contributed by atoms with Crippen molar-refractivity contribution in [1.82, 2.24) is 14.8 Å².